The minimum Gasteiger partial charge on any atom is -0.350 e. The summed E-state index contributed by atoms with van der Waals surface area (Å²) in [6.45, 7) is 4.04. The van der Waals surface area contributed by atoms with E-state index in [1.165, 1.54) is 11.6 Å². The van der Waals surface area contributed by atoms with Crippen LogP contribution in [-0.2, 0) is 4.79 Å². The maximum absolute atomic E-state index is 12.3. The number of anilines is 2. The molecule has 3 aromatic carbocycles. The maximum atomic E-state index is 12.3. The molecule has 1 heterocycles. The number of carbonyl (C=O) groups is 1. The summed E-state index contributed by atoms with van der Waals surface area (Å²) in [7, 11) is 0. The zero-order valence-corrected chi connectivity index (χ0v) is 18.7. The molecule has 0 unspecified atom stereocenters. The molecule has 4 aromatic rings. The number of nitrogens with one attached hydrogen (secondary N) is 2. The number of thiol groups is 1. The Morgan fingerprint density at radius 2 is 1.66 bits per heavy atom. The number of para-hydroxylation sites is 1. The van der Waals surface area contributed by atoms with Gasteiger partial charge in [-0.15, -0.1) is 17.7 Å². The van der Waals surface area contributed by atoms with Crippen LogP contribution in [0.15, 0.2) is 90.2 Å². The lowest BCUT2D eigenvalue weighted by molar-refractivity contribution is -0.111. The predicted molar refractivity (Wildman–Crippen MR) is 132 cm³/mol. The second-order valence-electron chi connectivity index (χ2n) is 7.38. The van der Waals surface area contributed by atoms with E-state index in [1.54, 1.807) is 11.0 Å². The summed E-state index contributed by atoms with van der Waals surface area (Å²) in [5, 5.41) is 11.0. The number of benzene rings is 3. The molecule has 32 heavy (non-hydrogen) atoms. The predicted octanol–water partition coefficient (Wildman–Crippen LogP) is 5.37. The zero-order valence-electron chi connectivity index (χ0n) is 17.8. The molecule has 0 aliphatic rings. The number of nitrogens with zero attached hydrogens (tertiary/aromatic N) is 3. The van der Waals surface area contributed by atoms with Crippen molar-refractivity contribution in [2.24, 2.45) is 0 Å². The summed E-state index contributed by atoms with van der Waals surface area (Å²) in [6, 6.07) is 23.3. The van der Waals surface area contributed by atoms with Crippen LogP contribution in [0.3, 0.4) is 0 Å². The Bertz CT molecular complexity index is 1260. The van der Waals surface area contributed by atoms with Crippen molar-refractivity contribution in [3.8, 4) is 17.1 Å². The Kier molecular flexibility index (Phi) is 6.37. The van der Waals surface area contributed by atoms with Gasteiger partial charge in [0.1, 0.15) is 6.33 Å². The largest absolute Gasteiger partial charge is 0.350 e. The molecule has 0 radical (unpaired) electrons. The molecule has 0 aliphatic carbocycles. The molecule has 2 N–H and O–H groups in total. The highest BCUT2D eigenvalue weighted by Gasteiger charge is 2.07. The van der Waals surface area contributed by atoms with Crippen molar-refractivity contribution in [3.05, 3.63) is 101 Å². The summed E-state index contributed by atoms with van der Waals surface area (Å²) < 4.78 is 1.74. The SMILES string of the molecule is Cc1ccc(-n2cnc(-c3ccc(NC(=O)/C=C(\S)Nc4ccccc4C)cc3)n2)cc1. The van der Waals surface area contributed by atoms with E-state index in [0.717, 1.165) is 22.5 Å². The second kappa shape index (κ2) is 9.53. The number of rotatable bonds is 6. The van der Waals surface area contributed by atoms with E-state index in [4.69, 9.17) is 0 Å². The van der Waals surface area contributed by atoms with Gasteiger partial charge in [-0.3, -0.25) is 4.79 Å². The summed E-state index contributed by atoms with van der Waals surface area (Å²) in [5.41, 5.74) is 5.65. The average molecular weight is 442 g/mol. The molecule has 6 nitrogen and oxygen atoms in total. The third kappa shape index (κ3) is 5.25. The number of amides is 1. The minimum atomic E-state index is -0.273. The summed E-state index contributed by atoms with van der Waals surface area (Å²) in [4.78, 5) is 16.7. The second-order valence-corrected chi connectivity index (χ2v) is 7.87. The quantitative estimate of drug-likeness (QED) is 0.278. The summed E-state index contributed by atoms with van der Waals surface area (Å²) in [5.74, 6) is 0.342. The Labute approximate surface area is 192 Å². The van der Waals surface area contributed by atoms with E-state index in [2.05, 4.69) is 33.3 Å². The fourth-order valence-corrected chi connectivity index (χ4v) is 3.35. The lowest BCUT2D eigenvalue weighted by atomic mass is 10.2. The molecule has 1 aromatic heterocycles. The summed E-state index contributed by atoms with van der Waals surface area (Å²) >= 11 is 4.37. The van der Waals surface area contributed by atoms with Gasteiger partial charge in [0.15, 0.2) is 5.82 Å². The topological polar surface area (TPSA) is 71.8 Å². The molecule has 0 saturated heterocycles. The van der Waals surface area contributed by atoms with Gasteiger partial charge >= 0.3 is 0 Å². The maximum Gasteiger partial charge on any atom is 0.250 e. The van der Waals surface area contributed by atoms with Gasteiger partial charge in [0.25, 0.3) is 5.91 Å². The molecule has 0 atom stereocenters. The van der Waals surface area contributed by atoms with Gasteiger partial charge in [0.2, 0.25) is 0 Å². The van der Waals surface area contributed by atoms with E-state index in [-0.39, 0.29) is 5.91 Å². The summed E-state index contributed by atoms with van der Waals surface area (Å²) in [6.07, 6.45) is 3.10. The van der Waals surface area contributed by atoms with Gasteiger partial charge in [-0.25, -0.2) is 9.67 Å². The van der Waals surface area contributed by atoms with Crippen LogP contribution in [0.4, 0.5) is 11.4 Å². The van der Waals surface area contributed by atoms with Crippen LogP contribution >= 0.6 is 12.6 Å². The molecular formula is C25H23N5OS. The first-order valence-electron chi connectivity index (χ1n) is 10.1. The molecule has 0 bridgehead atoms. The van der Waals surface area contributed by atoms with E-state index >= 15 is 0 Å². The van der Waals surface area contributed by atoms with Gasteiger partial charge in [0.05, 0.1) is 10.7 Å². The smallest absolute Gasteiger partial charge is 0.250 e. The van der Waals surface area contributed by atoms with Gasteiger partial charge in [-0.05, 0) is 61.9 Å². The van der Waals surface area contributed by atoms with Crippen LogP contribution in [0.1, 0.15) is 11.1 Å². The van der Waals surface area contributed by atoms with Crippen molar-refractivity contribution in [2.45, 2.75) is 13.8 Å². The lowest BCUT2D eigenvalue weighted by Gasteiger charge is -2.09. The van der Waals surface area contributed by atoms with Crippen molar-refractivity contribution in [3.63, 3.8) is 0 Å². The van der Waals surface area contributed by atoms with Crippen LogP contribution in [0.25, 0.3) is 17.1 Å². The van der Waals surface area contributed by atoms with Gasteiger partial charge in [0, 0.05) is 23.0 Å². The molecule has 160 valence electrons. The first kappa shape index (κ1) is 21.4. The highest BCUT2D eigenvalue weighted by molar-refractivity contribution is 7.84. The Morgan fingerprint density at radius 1 is 0.938 bits per heavy atom. The average Bonchev–Trinajstić information content (AvgIpc) is 3.26. The fraction of sp³-hybridized carbons (Fsp3) is 0.0800. The van der Waals surface area contributed by atoms with E-state index in [0.29, 0.717) is 16.5 Å². The van der Waals surface area contributed by atoms with Gasteiger partial charge in [-0.1, -0.05) is 35.9 Å². The third-order valence-corrected chi connectivity index (χ3v) is 5.12. The number of hydrogen-bond acceptors (Lipinski definition) is 5. The zero-order chi connectivity index (χ0) is 22.5. The molecule has 0 fully saturated rings. The van der Waals surface area contributed by atoms with Crippen molar-refractivity contribution >= 4 is 29.9 Å². The first-order valence-corrected chi connectivity index (χ1v) is 10.6. The molecule has 7 heteroatoms. The van der Waals surface area contributed by atoms with Crippen molar-refractivity contribution in [2.75, 3.05) is 10.6 Å². The molecule has 1 amide bonds. The molecule has 4 rings (SSSR count). The normalized spacial score (nSPS) is 11.3. The molecular weight excluding hydrogens is 418 g/mol. The van der Waals surface area contributed by atoms with Crippen LogP contribution in [-0.4, -0.2) is 20.7 Å². The van der Waals surface area contributed by atoms with Crippen LogP contribution in [0, 0.1) is 13.8 Å². The minimum absolute atomic E-state index is 0.273. The number of hydrogen-bond donors (Lipinski definition) is 3. The number of aromatic nitrogens is 3. The standard InChI is InChI=1S/C25H23N5OS/c1-17-7-13-21(14-8-17)30-16-26-25(29-30)19-9-11-20(12-10-19)27-23(31)15-24(32)28-22-6-4-3-5-18(22)2/h3-16,28,32H,1-2H3,(H,27,31)/b24-15-. The first-order chi connectivity index (χ1) is 15.5. The van der Waals surface area contributed by atoms with Crippen LogP contribution < -0.4 is 10.6 Å². The van der Waals surface area contributed by atoms with Crippen molar-refractivity contribution in [1.82, 2.24) is 14.8 Å². The Hall–Kier alpha value is -3.84. The fourth-order valence-electron chi connectivity index (χ4n) is 3.11. The molecule has 0 saturated carbocycles. The van der Waals surface area contributed by atoms with Crippen LogP contribution in [0.5, 0.6) is 0 Å². The molecule has 0 spiro atoms. The number of carbonyl (C=O) groups excluding carboxylic acids is 1. The van der Waals surface area contributed by atoms with E-state index < -0.39 is 0 Å². The van der Waals surface area contributed by atoms with Crippen molar-refractivity contribution < 1.29 is 4.79 Å². The van der Waals surface area contributed by atoms with Crippen LogP contribution in [0.2, 0.25) is 0 Å². The number of aryl methyl sites for hydroxylation is 2. The van der Waals surface area contributed by atoms with Crippen molar-refractivity contribution in [1.29, 1.82) is 0 Å². The lowest BCUT2D eigenvalue weighted by Crippen LogP contribution is -2.10. The highest BCUT2D eigenvalue weighted by atomic mass is 32.1. The third-order valence-electron chi connectivity index (χ3n) is 4.88. The monoisotopic (exact) mass is 441 g/mol. The highest BCUT2D eigenvalue weighted by Crippen LogP contribution is 2.20. The molecule has 0 aliphatic heterocycles. The Morgan fingerprint density at radius 3 is 2.38 bits per heavy atom. The Balaban J connectivity index is 1.40. The van der Waals surface area contributed by atoms with Gasteiger partial charge in [-0.2, -0.15) is 0 Å². The van der Waals surface area contributed by atoms with E-state index in [9.17, 15) is 4.79 Å². The van der Waals surface area contributed by atoms with Gasteiger partial charge < -0.3 is 10.6 Å². The van der Waals surface area contributed by atoms with E-state index in [1.807, 2.05) is 86.6 Å².